The predicted molar refractivity (Wildman–Crippen MR) is 71.5 cm³/mol. The van der Waals surface area contributed by atoms with E-state index in [1.807, 2.05) is 0 Å². The lowest BCUT2D eigenvalue weighted by atomic mass is 9.82. The van der Waals surface area contributed by atoms with Crippen LogP contribution in [0.1, 0.15) is 59.8 Å². The average molecular weight is 226 g/mol. The van der Waals surface area contributed by atoms with E-state index in [-0.39, 0.29) is 5.54 Å². The molecule has 3 N–H and O–H groups in total. The highest BCUT2D eigenvalue weighted by Gasteiger charge is 2.28. The summed E-state index contributed by atoms with van der Waals surface area (Å²) in [5.74, 6) is 0.713. The fourth-order valence-corrected chi connectivity index (χ4v) is 2.29. The molecule has 0 heterocycles. The van der Waals surface area contributed by atoms with Crippen LogP contribution >= 0.6 is 0 Å². The van der Waals surface area contributed by atoms with Gasteiger partial charge in [0.05, 0.1) is 0 Å². The molecule has 0 aliphatic heterocycles. The molecule has 16 heavy (non-hydrogen) atoms. The van der Waals surface area contributed by atoms with Gasteiger partial charge in [0.15, 0.2) is 0 Å². The number of nitrogens with two attached hydrogens (primary N) is 1. The van der Waals surface area contributed by atoms with Gasteiger partial charge in [-0.05, 0) is 43.7 Å². The molecule has 0 amide bonds. The Labute approximate surface area is 101 Å². The maximum Gasteiger partial charge on any atom is 0.0166 e. The molecule has 0 aromatic rings. The Morgan fingerprint density at radius 2 is 1.81 bits per heavy atom. The lowest BCUT2D eigenvalue weighted by Gasteiger charge is -2.28. The summed E-state index contributed by atoms with van der Waals surface area (Å²) in [6, 6.07) is 0. The highest BCUT2D eigenvalue weighted by atomic mass is 14.9. The van der Waals surface area contributed by atoms with Crippen molar-refractivity contribution in [2.45, 2.75) is 65.3 Å². The molecule has 1 saturated carbocycles. The van der Waals surface area contributed by atoms with E-state index in [9.17, 15) is 0 Å². The van der Waals surface area contributed by atoms with Crippen LogP contribution in [0.3, 0.4) is 0 Å². The minimum absolute atomic E-state index is 0.151. The summed E-state index contributed by atoms with van der Waals surface area (Å²) in [6.07, 6.45) is 6.25. The van der Waals surface area contributed by atoms with Gasteiger partial charge >= 0.3 is 0 Å². The van der Waals surface area contributed by atoms with Gasteiger partial charge in [-0.15, -0.1) is 0 Å². The largest absolute Gasteiger partial charge is 0.325 e. The van der Waals surface area contributed by atoms with Gasteiger partial charge in [-0.1, -0.05) is 40.5 Å². The van der Waals surface area contributed by atoms with Crippen LogP contribution in [-0.4, -0.2) is 18.6 Å². The fourth-order valence-electron chi connectivity index (χ4n) is 2.29. The molecule has 1 atom stereocenters. The molecule has 96 valence electrons. The third kappa shape index (κ3) is 4.42. The van der Waals surface area contributed by atoms with Crippen LogP contribution in [0.25, 0.3) is 0 Å². The molecule has 1 unspecified atom stereocenters. The summed E-state index contributed by atoms with van der Waals surface area (Å²) < 4.78 is 0. The minimum atomic E-state index is 0.151. The second kappa shape index (κ2) is 5.50. The number of rotatable bonds is 5. The van der Waals surface area contributed by atoms with Crippen molar-refractivity contribution in [3.05, 3.63) is 0 Å². The van der Waals surface area contributed by atoms with Crippen molar-refractivity contribution >= 4 is 0 Å². The maximum atomic E-state index is 6.32. The van der Waals surface area contributed by atoms with Gasteiger partial charge in [-0.2, -0.15) is 0 Å². The average Bonchev–Trinajstić information content (AvgIpc) is 2.58. The Bertz CT molecular complexity index is 199. The van der Waals surface area contributed by atoms with Crippen molar-refractivity contribution in [3.63, 3.8) is 0 Å². The summed E-state index contributed by atoms with van der Waals surface area (Å²) >= 11 is 0. The first kappa shape index (κ1) is 14.0. The smallest absolute Gasteiger partial charge is 0.0166 e. The Morgan fingerprint density at radius 3 is 2.31 bits per heavy atom. The van der Waals surface area contributed by atoms with Gasteiger partial charge in [0.2, 0.25) is 0 Å². The Hall–Kier alpha value is -0.0800. The first-order valence-electron chi connectivity index (χ1n) is 6.83. The van der Waals surface area contributed by atoms with Crippen LogP contribution in [0.15, 0.2) is 0 Å². The van der Waals surface area contributed by atoms with E-state index in [4.69, 9.17) is 5.73 Å². The van der Waals surface area contributed by atoms with Crippen LogP contribution in [0.5, 0.6) is 0 Å². The molecular formula is C14H30N2. The highest BCUT2D eigenvalue weighted by molar-refractivity contribution is 4.89. The monoisotopic (exact) mass is 226 g/mol. The molecule has 1 rings (SSSR count). The first-order valence-corrected chi connectivity index (χ1v) is 6.83. The van der Waals surface area contributed by atoms with Gasteiger partial charge in [0.25, 0.3) is 0 Å². The van der Waals surface area contributed by atoms with Crippen molar-refractivity contribution < 1.29 is 0 Å². The molecule has 2 nitrogen and oxygen atoms in total. The summed E-state index contributed by atoms with van der Waals surface area (Å²) in [7, 11) is 0. The standard InChI is InChI=1S/C14H30N2/c1-12(13(2,3)4)11-16-10-9-14(15)7-5-6-8-14/h12,16H,5-11,15H2,1-4H3. The summed E-state index contributed by atoms with van der Waals surface area (Å²) in [5.41, 5.74) is 6.88. The van der Waals surface area contributed by atoms with E-state index in [2.05, 4.69) is 33.0 Å². The zero-order valence-corrected chi connectivity index (χ0v) is 11.6. The highest BCUT2D eigenvalue weighted by Crippen LogP contribution is 2.29. The van der Waals surface area contributed by atoms with E-state index in [1.54, 1.807) is 0 Å². The van der Waals surface area contributed by atoms with Crippen molar-refractivity contribution in [2.24, 2.45) is 17.1 Å². The van der Waals surface area contributed by atoms with Crippen LogP contribution in [0.4, 0.5) is 0 Å². The molecule has 1 aliphatic rings. The maximum absolute atomic E-state index is 6.32. The van der Waals surface area contributed by atoms with Crippen molar-refractivity contribution in [2.75, 3.05) is 13.1 Å². The van der Waals surface area contributed by atoms with Crippen LogP contribution in [0, 0.1) is 11.3 Å². The van der Waals surface area contributed by atoms with Crippen LogP contribution in [-0.2, 0) is 0 Å². The SMILES string of the molecule is CC(CNCCC1(N)CCCC1)C(C)(C)C. The van der Waals surface area contributed by atoms with Crippen LogP contribution < -0.4 is 11.1 Å². The molecule has 2 heteroatoms. The summed E-state index contributed by atoms with van der Waals surface area (Å²) in [6.45, 7) is 11.4. The van der Waals surface area contributed by atoms with E-state index < -0.39 is 0 Å². The second-order valence-corrected chi connectivity index (χ2v) is 6.79. The normalized spacial score (nSPS) is 22.3. The molecule has 0 radical (unpaired) electrons. The Balaban J connectivity index is 2.12. The molecule has 0 spiro atoms. The number of nitrogens with one attached hydrogen (secondary N) is 1. The van der Waals surface area contributed by atoms with Gasteiger partial charge in [-0.3, -0.25) is 0 Å². The van der Waals surface area contributed by atoms with Gasteiger partial charge in [0.1, 0.15) is 0 Å². The lowest BCUT2D eigenvalue weighted by molar-refractivity contribution is 0.250. The zero-order valence-electron chi connectivity index (χ0n) is 11.6. The summed E-state index contributed by atoms with van der Waals surface area (Å²) in [5, 5.41) is 3.56. The molecule has 0 aromatic heterocycles. The second-order valence-electron chi connectivity index (χ2n) is 6.79. The van der Waals surface area contributed by atoms with Crippen molar-refractivity contribution in [1.29, 1.82) is 0 Å². The Morgan fingerprint density at radius 1 is 1.25 bits per heavy atom. The minimum Gasteiger partial charge on any atom is -0.325 e. The Kier molecular flexibility index (Phi) is 4.81. The van der Waals surface area contributed by atoms with Crippen LogP contribution in [0.2, 0.25) is 0 Å². The van der Waals surface area contributed by atoms with Gasteiger partial charge < -0.3 is 11.1 Å². The van der Waals surface area contributed by atoms with Crippen molar-refractivity contribution in [3.8, 4) is 0 Å². The third-order valence-electron chi connectivity index (χ3n) is 4.33. The molecule has 1 fully saturated rings. The topological polar surface area (TPSA) is 38.0 Å². The van der Waals surface area contributed by atoms with E-state index in [0.29, 0.717) is 11.3 Å². The van der Waals surface area contributed by atoms with Crippen molar-refractivity contribution in [1.82, 2.24) is 5.32 Å². The van der Waals surface area contributed by atoms with E-state index >= 15 is 0 Å². The van der Waals surface area contributed by atoms with E-state index in [1.165, 1.54) is 25.7 Å². The molecule has 0 bridgehead atoms. The molecule has 0 aromatic carbocycles. The number of hydrogen-bond acceptors (Lipinski definition) is 2. The van der Waals surface area contributed by atoms with Gasteiger partial charge in [-0.25, -0.2) is 0 Å². The zero-order chi connectivity index (χ0) is 12.2. The first-order chi connectivity index (χ1) is 7.33. The fraction of sp³-hybridized carbons (Fsp3) is 1.00. The quantitative estimate of drug-likeness (QED) is 0.707. The predicted octanol–water partition coefficient (Wildman–Crippen LogP) is 2.92. The molecule has 1 aliphatic carbocycles. The third-order valence-corrected chi connectivity index (χ3v) is 4.33. The molecule has 0 saturated heterocycles. The van der Waals surface area contributed by atoms with E-state index in [0.717, 1.165) is 19.5 Å². The van der Waals surface area contributed by atoms with Gasteiger partial charge in [0, 0.05) is 5.54 Å². The molecular weight excluding hydrogens is 196 g/mol. The summed E-state index contributed by atoms with van der Waals surface area (Å²) in [4.78, 5) is 0. The number of hydrogen-bond donors (Lipinski definition) is 2. The lowest BCUT2D eigenvalue weighted by Crippen LogP contribution is -2.40.